The van der Waals surface area contributed by atoms with Crippen molar-refractivity contribution in [1.82, 2.24) is 10.3 Å². The van der Waals surface area contributed by atoms with Crippen molar-refractivity contribution in [3.63, 3.8) is 0 Å². The second-order valence-electron chi connectivity index (χ2n) is 5.29. The van der Waals surface area contributed by atoms with Gasteiger partial charge in [0.15, 0.2) is 0 Å². The summed E-state index contributed by atoms with van der Waals surface area (Å²) in [6.45, 7) is 9.89. The molecule has 0 radical (unpaired) electrons. The Labute approximate surface area is 125 Å². The van der Waals surface area contributed by atoms with Crippen molar-refractivity contribution in [2.75, 3.05) is 26.8 Å². The number of carbonyl (C=O) groups excluding carboxylic acids is 1. The number of ether oxygens (including phenoxy) is 1. The van der Waals surface area contributed by atoms with Crippen LogP contribution in [0.4, 0.5) is 0 Å². The zero-order chi connectivity index (χ0) is 15.1. The van der Waals surface area contributed by atoms with Gasteiger partial charge in [-0.2, -0.15) is 0 Å². The highest BCUT2D eigenvalue weighted by atomic mass is 32.1. The highest BCUT2D eigenvalue weighted by Gasteiger charge is 2.15. The Kier molecular flexibility index (Phi) is 7.15. The molecule has 0 fully saturated rings. The zero-order valence-electron chi connectivity index (χ0n) is 12.7. The van der Waals surface area contributed by atoms with Gasteiger partial charge in [-0.3, -0.25) is 15.1 Å². The SMILES string of the molecule is COCCN(Cc1cc(C(=O)NN)sc1C)CC(C)C. The number of carbonyl (C=O) groups is 1. The molecular formula is C14H25N3O2S. The van der Waals surface area contributed by atoms with Gasteiger partial charge < -0.3 is 4.74 Å². The van der Waals surface area contributed by atoms with Crippen molar-refractivity contribution in [3.8, 4) is 0 Å². The van der Waals surface area contributed by atoms with Crippen LogP contribution in [0, 0.1) is 12.8 Å². The highest BCUT2D eigenvalue weighted by molar-refractivity contribution is 7.14. The summed E-state index contributed by atoms with van der Waals surface area (Å²) in [5.74, 6) is 5.55. The van der Waals surface area contributed by atoms with Crippen molar-refractivity contribution in [3.05, 3.63) is 21.4 Å². The fourth-order valence-electron chi connectivity index (χ4n) is 2.07. The van der Waals surface area contributed by atoms with Crippen LogP contribution in [0.2, 0.25) is 0 Å². The molecule has 3 N–H and O–H groups in total. The fraction of sp³-hybridized carbons (Fsp3) is 0.643. The molecule has 0 aliphatic rings. The quantitative estimate of drug-likeness (QED) is 0.436. The van der Waals surface area contributed by atoms with Crippen LogP contribution in [0.1, 0.15) is 34.0 Å². The molecule has 1 aromatic rings. The van der Waals surface area contributed by atoms with Crippen molar-refractivity contribution >= 4 is 17.2 Å². The molecule has 0 spiro atoms. The number of nitrogen functional groups attached to an aromatic ring is 1. The number of amides is 1. The summed E-state index contributed by atoms with van der Waals surface area (Å²) in [6, 6.07) is 1.93. The van der Waals surface area contributed by atoms with Gasteiger partial charge >= 0.3 is 0 Å². The number of aryl methyl sites for hydroxylation is 1. The molecule has 0 aliphatic carbocycles. The highest BCUT2D eigenvalue weighted by Crippen LogP contribution is 2.23. The van der Waals surface area contributed by atoms with Gasteiger partial charge in [-0.1, -0.05) is 13.8 Å². The van der Waals surface area contributed by atoms with E-state index in [1.165, 1.54) is 16.9 Å². The van der Waals surface area contributed by atoms with Crippen LogP contribution in [0.3, 0.4) is 0 Å². The summed E-state index contributed by atoms with van der Waals surface area (Å²) in [6.07, 6.45) is 0. The van der Waals surface area contributed by atoms with E-state index in [1.807, 2.05) is 13.0 Å². The third kappa shape index (κ3) is 5.20. The molecule has 0 aromatic carbocycles. The Bertz CT molecular complexity index is 432. The lowest BCUT2D eigenvalue weighted by Gasteiger charge is -2.23. The van der Waals surface area contributed by atoms with E-state index in [0.29, 0.717) is 17.4 Å². The summed E-state index contributed by atoms with van der Waals surface area (Å²) in [4.78, 5) is 15.7. The molecule has 1 heterocycles. The van der Waals surface area contributed by atoms with Crippen LogP contribution in [-0.4, -0.2) is 37.6 Å². The number of rotatable bonds is 8. The Hall–Kier alpha value is -0.950. The molecule has 0 aliphatic heterocycles. The zero-order valence-corrected chi connectivity index (χ0v) is 13.5. The third-order valence-electron chi connectivity index (χ3n) is 3.00. The van der Waals surface area contributed by atoms with Crippen LogP contribution in [0.15, 0.2) is 6.07 Å². The van der Waals surface area contributed by atoms with Crippen LogP contribution in [0.25, 0.3) is 0 Å². The molecule has 0 saturated heterocycles. The lowest BCUT2D eigenvalue weighted by atomic mass is 10.1. The standard InChI is InChI=1S/C14H25N3O2S/c1-10(2)8-17(5-6-19-4)9-12-7-13(14(18)16-15)20-11(12)3/h7,10H,5-6,8-9,15H2,1-4H3,(H,16,18). The first-order valence-corrected chi connectivity index (χ1v) is 7.61. The van der Waals surface area contributed by atoms with Crippen LogP contribution in [0.5, 0.6) is 0 Å². The number of hydrazine groups is 1. The molecule has 1 rings (SSSR count). The number of nitrogens with two attached hydrogens (primary N) is 1. The van der Waals surface area contributed by atoms with E-state index in [4.69, 9.17) is 10.6 Å². The minimum atomic E-state index is -0.225. The Balaban J connectivity index is 2.76. The molecule has 1 amide bonds. The molecule has 0 saturated carbocycles. The number of hydrogen-bond acceptors (Lipinski definition) is 5. The van der Waals surface area contributed by atoms with Gasteiger partial charge in [-0.15, -0.1) is 11.3 Å². The van der Waals surface area contributed by atoms with Crippen LogP contribution >= 0.6 is 11.3 Å². The van der Waals surface area contributed by atoms with E-state index < -0.39 is 0 Å². The predicted molar refractivity (Wildman–Crippen MR) is 82.7 cm³/mol. The largest absolute Gasteiger partial charge is 0.383 e. The molecule has 20 heavy (non-hydrogen) atoms. The minimum absolute atomic E-state index is 0.225. The third-order valence-corrected chi connectivity index (χ3v) is 4.10. The van der Waals surface area contributed by atoms with Gasteiger partial charge in [0.1, 0.15) is 0 Å². The molecule has 114 valence electrons. The molecular weight excluding hydrogens is 274 g/mol. The van der Waals surface area contributed by atoms with Gasteiger partial charge in [0.2, 0.25) is 0 Å². The second kappa shape index (κ2) is 8.36. The van der Waals surface area contributed by atoms with E-state index in [-0.39, 0.29) is 5.91 Å². The van der Waals surface area contributed by atoms with Crippen molar-refractivity contribution in [1.29, 1.82) is 0 Å². The van der Waals surface area contributed by atoms with Crippen molar-refractivity contribution in [2.45, 2.75) is 27.3 Å². The van der Waals surface area contributed by atoms with E-state index in [1.54, 1.807) is 7.11 Å². The maximum absolute atomic E-state index is 11.6. The van der Waals surface area contributed by atoms with Gasteiger partial charge in [0.05, 0.1) is 11.5 Å². The molecule has 0 bridgehead atoms. The molecule has 1 aromatic heterocycles. The first-order chi connectivity index (χ1) is 9.47. The van der Waals surface area contributed by atoms with E-state index in [9.17, 15) is 4.79 Å². The van der Waals surface area contributed by atoms with Gasteiger partial charge in [0.25, 0.3) is 5.91 Å². The van der Waals surface area contributed by atoms with Gasteiger partial charge in [0, 0.05) is 31.6 Å². The summed E-state index contributed by atoms with van der Waals surface area (Å²) in [7, 11) is 1.72. The van der Waals surface area contributed by atoms with Gasteiger partial charge in [-0.05, 0) is 24.5 Å². The van der Waals surface area contributed by atoms with Gasteiger partial charge in [-0.25, -0.2) is 5.84 Å². The molecule has 0 atom stereocenters. The molecule has 6 heteroatoms. The smallest absolute Gasteiger partial charge is 0.275 e. The van der Waals surface area contributed by atoms with E-state index in [2.05, 4.69) is 24.2 Å². The second-order valence-corrected chi connectivity index (χ2v) is 6.54. The topological polar surface area (TPSA) is 67.6 Å². The summed E-state index contributed by atoms with van der Waals surface area (Å²) < 4.78 is 5.16. The Morgan fingerprint density at radius 1 is 1.55 bits per heavy atom. The Morgan fingerprint density at radius 3 is 2.80 bits per heavy atom. The number of thiophene rings is 1. The summed E-state index contributed by atoms with van der Waals surface area (Å²) in [5.41, 5.74) is 3.37. The average Bonchev–Trinajstić information content (AvgIpc) is 2.76. The number of nitrogens with zero attached hydrogens (tertiary/aromatic N) is 1. The number of nitrogens with one attached hydrogen (secondary N) is 1. The van der Waals surface area contributed by atoms with Crippen LogP contribution < -0.4 is 11.3 Å². The van der Waals surface area contributed by atoms with E-state index >= 15 is 0 Å². The molecule has 0 unspecified atom stereocenters. The van der Waals surface area contributed by atoms with E-state index in [0.717, 1.165) is 24.5 Å². The monoisotopic (exact) mass is 299 g/mol. The number of hydrogen-bond donors (Lipinski definition) is 2. The number of methoxy groups -OCH3 is 1. The first kappa shape index (κ1) is 17.1. The predicted octanol–water partition coefficient (Wildman–Crippen LogP) is 1.76. The Morgan fingerprint density at radius 2 is 2.25 bits per heavy atom. The summed E-state index contributed by atoms with van der Waals surface area (Å²) >= 11 is 1.48. The normalized spacial score (nSPS) is 11.3. The van der Waals surface area contributed by atoms with Crippen LogP contribution in [-0.2, 0) is 11.3 Å². The maximum Gasteiger partial charge on any atom is 0.275 e. The minimum Gasteiger partial charge on any atom is -0.383 e. The summed E-state index contributed by atoms with van der Waals surface area (Å²) in [5, 5.41) is 0. The molecule has 5 nitrogen and oxygen atoms in total. The maximum atomic E-state index is 11.6. The average molecular weight is 299 g/mol. The lowest BCUT2D eigenvalue weighted by Crippen LogP contribution is -2.31. The van der Waals surface area contributed by atoms with Crippen molar-refractivity contribution < 1.29 is 9.53 Å². The lowest BCUT2D eigenvalue weighted by molar-refractivity contribution is 0.0957. The van der Waals surface area contributed by atoms with Crippen molar-refractivity contribution in [2.24, 2.45) is 11.8 Å². The fourth-order valence-corrected chi connectivity index (χ4v) is 3.01. The first-order valence-electron chi connectivity index (χ1n) is 6.79.